The molecule has 1 rings (SSSR count). The van der Waals surface area contributed by atoms with Crippen molar-refractivity contribution in [1.29, 1.82) is 5.26 Å². The van der Waals surface area contributed by atoms with Crippen LogP contribution in [0.1, 0.15) is 6.42 Å². The summed E-state index contributed by atoms with van der Waals surface area (Å²) in [5.41, 5.74) is 0. The third kappa shape index (κ3) is 2.24. The van der Waals surface area contributed by atoms with Crippen LogP contribution in [0.25, 0.3) is 0 Å². The lowest BCUT2D eigenvalue weighted by molar-refractivity contribution is 0.915. The van der Waals surface area contributed by atoms with Crippen LogP contribution < -0.4 is 4.90 Å². The Morgan fingerprint density at radius 2 is 2.55 bits per heavy atom. The van der Waals surface area contributed by atoms with E-state index in [1.54, 1.807) is 11.3 Å². The summed E-state index contributed by atoms with van der Waals surface area (Å²) in [5, 5.41) is 11.6. The molecular weight excluding hydrogens is 156 g/mol. The van der Waals surface area contributed by atoms with E-state index in [-0.39, 0.29) is 0 Å². The van der Waals surface area contributed by atoms with Gasteiger partial charge in [0.05, 0.1) is 17.5 Å². The van der Waals surface area contributed by atoms with Crippen LogP contribution in [-0.4, -0.2) is 13.6 Å². The molecule has 0 amide bonds. The lowest BCUT2D eigenvalue weighted by Gasteiger charge is -2.13. The Morgan fingerprint density at radius 3 is 3.09 bits per heavy atom. The molecule has 11 heavy (non-hydrogen) atoms. The molecule has 0 bridgehead atoms. The molecule has 0 saturated carbocycles. The third-order valence-corrected chi connectivity index (χ3v) is 2.42. The molecule has 0 fully saturated rings. The summed E-state index contributed by atoms with van der Waals surface area (Å²) in [4.78, 5) is 2.09. The van der Waals surface area contributed by atoms with Crippen LogP contribution in [0.15, 0.2) is 17.5 Å². The minimum atomic E-state index is 0.592. The van der Waals surface area contributed by atoms with Crippen LogP contribution in [0.3, 0.4) is 0 Å². The number of hydrogen-bond donors (Lipinski definition) is 0. The number of rotatable bonds is 3. The van der Waals surface area contributed by atoms with E-state index in [1.807, 2.05) is 18.5 Å². The first-order chi connectivity index (χ1) is 5.34. The Morgan fingerprint density at radius 1 is 1.73 bits per heavy atom. The molecule has 2 nitrogen and oxygen atoms in total. The second kappa shape index (κ2) is 3.99. The van der Waals surface area contributed by atoms with Crippen molar-refractivity contribution < 1.29 is 0 Å². The van der Waals surface area contributed by atoms with Crippen molar-refractivity contribution in [3.63, 3.8) is 0 Å². The van der Waals surface area contributed by atoms with Gasteiger partial charge in [-0.2, -0.15) is 5.26 Å². The number of nitriles is 1. The van der Waals surface area contributed by atoms with Crippen molar-refractivity contribution in [3.8, 4) is 6.07 Å². The van der Waals surface area contributed by atoms with Crippen LogP contribution in [0, 0.1) is 11.3 Å². The molecule has 0 atom stereocenters. The maximum atomic E-state index is 8.34. The van der Waals surface area contributed by atoms with Gasteiger partial charge in [0.1, 0.15) is 0 Å². The first-order valence-corrected chi connectivity index (χ1v) is 4.34. The van der Waals surface area contributed by atoms with Crippen molar-refractivity contribution in [2.75, 3.05) is 18.5 Å². The highest BCUT2D eigenvalue weighted by Gasteiger charge is 1.98. The van der Waals surface area contributed by atoms with Crippen molar-refractivity contribution in [2.45, 2.75) is 6.42 Å². The summed E-state index contributed by atoms with van der Waals surface area (Å²) in [5.74, 6) is 0. The zero-order valence-electron chi connectivity index (χ0n) is 6.45. The zero-order valence-corrected chi connectivity index (χ0v) is 7.27. The topological polar surface area (TPSA) is 27.0 Å². The van der Waals surface area contributed by atoms with E-state index in [4.69, 9.17) is 5.26 Å². The average molecular weight is 166 g/mol. The van der Waals surface area contributed by atoms with E-state index < -0.39 is 0 Å². The van der Waals surface area contributed by atoms with E-state index in [9.17, 15) is 0 Å². The largest absolute Gasteiger partial charge is 0.365 e. The summed E-state index contributed by atoms with van der Waals surface area (Å²) < 4.78 is 0. The summed E-state index contributed by atoms with van der Waals surface area (Å²) in [6.07, 6.45) is 0.592. The summed E-state index contributed by atoms with van der Waals surface area (Å²) in [6.45, 7) is 0.816. The Hall–Kier alpha value is -1.01. The van der Waals surface area contributed by atoms with E-state index >= 15 is 0 Å². The van der Waals surface area contributed by atoms with Gasteiger partial charge in [0.25, 0.3) is 0 Å². The summed E-state index contributed by atoms with van der Waals surface area (Å²) >= 11 is 1.70. The molecule has 0 N–H and O–H groups in total. The number of anilines is 1. The van der Waals surface area contributed by atoms with Gasteiger partial charge in [-0.3, -0.25) is 0 Å². The second-order valence-electron chi connectivity index (χ2n) is 2.28. The van der Waals surface area contributed by atoms with Gasteiger partial charge in [0, 0.05) is 13.6 Å². The predicted octanol–water partition coefficient (Wildman–Crippen LogP) is 2.10. The van der Waals surface area contributed by atoms with Gasteiger partial charge in [-0.15, -0.1) is 11.3 Å². The van der Waals surface area contributed by atoms with E-state index in [0.717, 1.165) is 6.54 Å². The molecule has 58 valence electrons. The molecule has 0 aromatic carbocycles. The van der Waals surface area contributed by atoms with Crippen molar-refractivity contribution in [2.24, 2.45) is 0 Å². The Kier molecular flexibility index (Phi) is 2.94. The predicted molar refractivity (Wildman–Crippen MR) is 47.8 cm³/mol. The van der Waals surface area contributed by atoms with Crippen LogP contribution in [-0.2, 0) is 0 Å². The maximum Gasteiger partial charge on any atom is 0.0906 e. The highest BCUT2D eigenvalue weighted by atomic mass is 32.1. The van der Waals surface area contributed by atoms with Gasteiger partial charge in [-0.05, 0) is 17.5 Å². The van der Waals surface area contributed by atoms with Gasteiger partial charge < -0.3 is 4.90 Å². The average Bonchev–Trinajstić information content (AvgIpc) is 2.52. The molecule has 1 heterocycles. The standard InChI is InChI=1S/C8H10N2S/c1-10(6-3-5-9)8-4-2-7-11-8/h2,4,7H,3,6H2,1H3. The molecule has 0 aliphatic heterocycles. The summed E-state index contributed by atoms with van der Waals surface area (Å²) in [6, 6.07) is 6.20. The van der Waals surface area contributed by atoms with Crippen molar-refractivity contribution in [1.82, 2.24) is 0 Å². The fraction of sp³-hybridized carbons (Fsp3) is 0.375. The van der Waals surface area contributed by atoms with E-state index in [2.05, 4.69) is 17.0 Å². The Labute approximate surface area is 70.7 Å². The van der Waals surface area contributed by atoms with Crippen LogP contribution >= 0.6 is 11.3 Å². The fourth-order valence-corrected chi connectivity index (χ4v) is 1.54. The van der Waals surface area contributed by atoms with Crippen LogP contribution in [0.5, 0.6) is 0 Å². The van der Waals surface area contributed by atoms with E-state index in [1.165, 1.54) is 5.00 Å². The van der Waals surface area contributed by atoms with Gasteiger partial charge in [0.2, 0.25) is 0 Å². The van der Waals surface area contributed by atoms with Crippen LogP contribution in [0.4, 0.5) is 5.00 Å². The van der Waals surface area contributed by atoms with Gasteiger partial charge in [-0.25, -0.2) is 0 Å². The zero-order chi connectivity index (χ0) is 8.10. The highest BCUT2D eigenvalue weighted by molar-refractivity contribution is 7.14. The lowest BCUT2D eigenvalue weighted by atomic mass is 10.4. The molecular formula is C8H10N2S. The van der Waals surface area contributed by atoms with Crippen molar-refractivity contribution in [3.05, 3.63) is 17.5 Å². The van der Waals surface area contributed by atoms with E-state index in [0.29, 0.717) is 6.42 Å². The molecule has 0 saturated heterocycles. The molecule has 0 aliphatic carbocycles. The third-order valence-electron chi connectivity index (χ3n) is 1.44. The molecule has 0 aliphatic rings. The fourth-order valence-electron chi connectivity index (χ4n) is 0.815. The lowest BCUT2D eigenvalue weighted by Crippen LogP contribution is -2.16. The molecule has 3 heteroatoms. The van der Waals surface area contributed by atoms with Gasteiger partial charge in [0.15, 0.2) is 0 Å². The molecule has 0 unspecified atom stereocenters. The number of thiophene rings is 1. The number of hydrogen-bond acceptors (Lipinski definition) is 3. The Balaban J connectivity index is 2.44. The highest BCUT2D eigenvalue weighted by Crippen LogP contribution is 2.19. The first kappa shape index (κ1) is 8.09. The minimum Gasteiger partial charge on any atom is -0.365 e. The molecule has 0 radical (unpaired) electrons. The molecule has 0 spiro atoms. The smallest absolute Gasteiger partial charge is 0.0906 e. The van der Waals surface area contributed by atoms with Crippen molar-refractivity contribution >= 4 is 16.3 Å². The van der Waals surface area contributed by atoms with Gasteiger partial charge in [-0.1, -0.05) is 0 Å². The second-order valence-corrected chi connectivity index (χ2v) is 3.21. The van der Waals surface area contributed by atoms with Gasteiger partial charge >= 0.3 is 0 Å². The SMILES string of the molecule is CN(CCC#N)c1cccs1. The van der Waals surface area contributed by atoms with Crippen LogP contribution in [0.2, 0.25) is 0 Å². The molecule has 1 aromatic heterocycles. The molecule has 1 aromatic rings. The normalized spacial score (nSPS) is 9.09. The monoisotopic (exact) mass is 166 g/mol. The Bertz CT molecular complexity index is 235. The summed E-state index contributed by atoms with van der Waals surface area (Å²) in [7, 11) is 2.00. The number of nitrogens with zero attached hydrogens (tertiary/aromatic N) is 2. The first-order valence-electron chi connectivity index (χ1n) is 3.46. The quantitative estimate of drug-likeness (QED) is 0.687. The minimum absolute atomic E-state index is 0.592. The maximum absolute atomic E-state index is 8.34.